The van der Waals surface area contributed by atoms with Crippen LogP contribution in [0.15, 0.2) is 54.6 Å². The first-order valence-corrected chi connectivity index (χ1v) is 14.4. The molecule has 3 aromatic carbocycles. The zero-order chi connectivity index (χ0) is 29.4. The number of hydrogen-bond donors (Lipinski definition) is 0. The van der Waals surface area contributed by atoms with E-state index in [0.717, 1.165) is 54.5 Å². The van der Waals surface area contributed by atoms with Gasteiger partial charge in [-0.1, -0.05) is 39.0 Å². The van der Waals surface area contributed by atoms with Crippen LogP contribution in [-0.4, -0.2) is 27.3 Å². The van der Waals surface area contributed by atoms with Gasteiger partial charge in [0.25, 0.3) is 0 Å². The molecule has 0 aliphatic heterocycles. The third-order valence-corrected chi connectivity index (χ3v) is 9.01. The minimum Gasteiger partial charge on any atom is -0.497 e. The average molecular weight is 561 g/mol. The molecule has 1 fully saturated rings. The number of benzene rings is 3. The second-order valence-corrected chi connectivity index (χ2v) is 12.5. The lowest BCUT2D eigenvalue weighted by Gasteiger charge is -2.51. The van der Waals surface area contributed by atoms with Crippen molar-refractivity contribution >= 4 is 5.97 Å². The maximum Gasteiger partial charge on any atom is 0.309 e. The van der Waals surface area contributed by atoms with Crippen molar-refractivity contribution in [1.82, 2.24) is 0 Å². The first-order valence-electron chi connectivity index (χ1n) is 14.4. The van der Waals surface area contributed by atoms with E-state index in [4.69, 9.17) is 18.9 Å². The van der Waals surface area contributed by atoms with Crippen LogP contribution in [-0.2, 0) is 32.7 Å². The second-order valence-electron chi connectivity index (χ2n) is 12.5. The van der Waals surface area contributed by atoms with Crippen molar-refractivity contribution in [3.8, 4) is 22.6 Å². The molecule has 0 N–H and O–H groups in total. The molecule has 0 amide bonds. The Kier molecular flexibility index (Phi) is 8.15. The molecule has 0 saturated heterocycles. The molecule has 0 radical (unpaired) electrons. The van der Waals surface area contributed by atoms with Crippen molar-refractivity contribution in [3.63, 3.8) is 0 Å². The number of halogens is 1. The van der Waals surface area contributed by atoms with Crippen molar-refractivity contribution in [2.24, 2.45) is 11.3 Å². The summed E-state index contributed by atoms with van der Waals surface area (Å²) < 4.78 is 38.0. The van der Waals surface area contributed by atoms with Gasteiger partial charge in [0.2, 0.25) is 0 Å². The summed E-state index contributed by atoms with van der Waals surface area (Å²) in [6.45, 7) is 6.68. The van der Waals surface area contributed by atoms with Gasteiger partial charge in [-0.3, -0.25) is 4.79 Å². The van der Waals surface area contributed by atoms with E-state index in [0.29, 0.717) is 17.9 Å². The Balaban J connectivity index is 1.46. The van der Waals surface area contributed by atoms with E-state index in [1.165, 1.54) is 24.3 Å². The van der Waals surface area contributed by atoms with E-state index < -0.39 is 0 Å². The highest BCUT2D eigenvalue weighted by Crippen LogP contribution is 2.56. The molecular formula is C35H41FO5. The minimum absolute atomic E-state index is 0.0858. The van der Waals surface area contributed by atoms with Crippen LogP contribution >= 0.6 is 0 Å². The topological polar surface area (TPSA) is 54.0 Å². The molecule has 0 heterocycles. The van der Waals surface area contributed by atoms with Gasteiger partial charge >= 0.3 is 5.97 Å². The predicted octanol–water partition coefficient (Wildman–Crippen LogP) is 7.97. The Morgan fingerprint density at radius 1 is 0.976 bits per heavy atom. The lowest BCUT2D eigenvalue weighted by atomic mass is 9.52. The van der Waals surface area contributed by atoms with Gasteiger partial charge in [0.1, 0.15) is 23.9 Å². The van der Waals surface area contributed by atoms with E-state index >= 15 is 4.39 Å². The number of hydrogen-bond acceptors (Lipinski definition) is 5. The molecule has 3 aromatic rings. The number of ether oxygens (including phenoxy) is 4. The van der Waals surface area contributed by atoms with E-state index in [1.54, 1.807) is 26.4 Å². The first kappa shape index (κ1) is 29.1. The molecule has 1 spiro atoms. The number of esters is 1. The van der Waals surface area contributed by atoms with Crippen LogP contribution in [0.5, 0.6) is 11.5 Å². The lowest BCUT2D eigenvalue weighted by Crippen LogP contribution is -2.50. The van der Waals surface area contributed by atoms with Crippen molar-refractivity contribution in [1.29, 1.82) is 0 Å². The van der Waals surface area contributed by atoms with Gasteiger partial charge < -0.3 is 18.9 Å². The third-order valence-electron chi connectivity index (χ3n) is 9.01. The van der Waals surface area contributed by atoms with E-state index in [2.05, 4.69) is 39.0 Å². The Morgan fingerprint density at radius 2 is 1.76 bits per heavy atom. The van der Waals surface area contributed by atoms with E-state index in [1.807, 2.05) is 18.2 Å². The van der Waals surface area contributed by atoms with Crippen LogP contribution in [0.1, 0.15) is 74.8 Å². The highest BCUT2D eigenvalue weighted by molar-refractivity contribution is 5.76. The van der Waals surface area contributed by atoms with Gasteiger partial charge in [-0.25, -0.2) is 4.39 Å². The van der Waals surface area contributed by atoms with Crippen LogP contribution in [0.25, 0.3) is 11.1 Å². The summed E-state index contributed by atoms with van der Waals surface area (Å²) in [4.78, 5) is 12.5. The van der Waals surface area contributed by atoms with Crippen LogP contribution in [0, 0.1) is 17.2 Å². The fourth-order valence-corrected chi connectivity index (χ4v) is 6.92. The molecule has 0 aromatic heterocycles. The molecule has 218 valence electrons. The summed E-state index contributed by atoms with van der Waals surface area (Å²) >= 11 is 0. The summed E-state index contributed by atoms with van der Waals surface area (Å²) in [6, 6.07) is 17.1. The summed E-state index contributed by atoms with van der Waals surface area (Å²) in [7, 11) is 4.75. The van der Waals surface area contributed by atoms with Gasteiger partial charge in [0, 0.05) is 18.1 Å². The molecule has 6 heteroatoms. The standard InChI is InChI=1S/C35H41FO5/c1-34(2,3)32(39-5)28-18-22(9-13-26(28)27-19-24(38-4)12-14-31(27)36)21-41-25-11-10-23-8-7-16-35(30(23)20-25)17-15-29(35)33(37)40-6/h9-14,18-20,29,32H,7-8,15-17,21H2,1-6H3/t29-,32+,35+/m1/s1. The highest BCUT2D eigenvalue weighted by atomic mass is 19.1. The summed E-state index contributed by atoms with van der Waals surface area (Å²) in [5, 5.41) is 0. The predicted molar refractivity (Wildman–Crippen MR) is 158 cm³/mol. The maximum atomic E-state index is 15.1. The highest BCUT2D eigenvalue weighted by Gasteiger charge is 2.53. The SMILES string of the molecule is COC(=O)[C@H]1CC[C@@]12CCCc1ccc(OCc3ccc(-c4cc(OC)ccc4F)c([C@H](OC)C(C)(C)C)c3)cc12. The fraction of sp³-hybridized carbons (Fsp3) is 0.457. The Labute approximate surface area is 243 Å². The number of rotatable bonds is 8. The fourth-order valence-electron chi connectivity index (χ4n) is 6.92. The van der Waals surface area contributed by atoms with Gasteiger partial charge in [-0.05, 0) is 102 Å². The summed E-state index contributed by atoms with van der Waals surface area (Å²) in [6.07, 6.45) is 4.69. The normalized spacial score (nSPS) is 20.6. The second kappa shape index (κ2) is 11.5. The smallest absolute Gasteiger partial charge is 0.309 e. The minimum atomic E-state index is -0.316. The van der Waals surface area contributed by atoms with Crippen molar-refractivity contribution < 1.29 is 28.1 Å². The van der Waals surface area contributed by atoms with Crippen LogP contribution in [0.2, 0.25) is 0 Å². The monoisotopic (exact) mass is 560 g/mol. The van der Waals surface area contributed by atoms with Gasteiger partial charge in [-0.15, -0.1) is 0 Å². The zero-order valence-electron chi connectivity index (χ0n) is 25.0. The Morgan fingerprint density at radius 3 is 2.41 bits per heavy atom. The quantitative estimate of drug-likeness (QED) is 0.262. The molecule has 0 unspecified atom stereocenters. The molecular weight excluding hydrogens is 519 g/mol. The number of carbonyl (C=O) groups is 1. The molecule has 2 aliphatic carbocycles. The van der Waals surface area contributed by atoms with E-state index in [-0.39, 0.29) is 34.6 Å². The van der Waals surface area contributed by atoms with Gasteiger partial charge in [-0.2, -0.15) is 0 Å². The van der Waals surface area contributed by atoms with E-state index in [9.17, 15) is 4.79 Å². The Bertz CT molecular complexity index is 1420. The Hall–Kier alpha value is -3.38. The van der Waals surface area contributed by atoms with Crippen molar-refractivity contribution in [2.75, 3.05) is 21.3 Å². The van der Waals surface area contributed by atoms with Crippen LogP contribution in [0.3, 0.4) is 0 Å². The largest absolute Gasteiger partial charge is 0.497 e. The first-order chi connectivity index (χ1) is 19.6. The zero-order valence-corrected chi connectivity index (χ0v) is 25.0. The summed E-state index contributed by atoms with van der Waals surface area (Å²) in [5.74, 6) is 0.864. The van der Waals surface area contributed by atoms with Crippen molar-refractivity contribution in [2.45, 2.75) is 71.0 Å². The number of fused-ring (bicyclic) bond motifs is 2. The molecule has 2 aliphatic rings. The molecule has 0 bridgehead atoms. The molecule has 41 heavy (non-hydrogen) atoms. The lowest BCUT2D eigenvalue weighted by molar-refractivity contribution is -0.153. The maximum absolute atomic E-state index is 15.1. The molecule has 3 atom stereocenters. The molecule has 5 nitrogen and oxygen atoms in total. The van der Waals surface area contributed by atoms with Crippen molar-refractivity contribution in [3.05, 3.63) is 82.7 Å². The summed E-state index contributed by atoms with van der Waals surface area (Å²) in [5.41, 5.74) is 5.25. The average Bonchev–Trinajstić information content (AvgIpc) is 2.95. The number of aryl methyl sites for hydroxylation is 1. The van der Waals surface area contributed by atoms with Gasteiger partial charge in [0.15, 0.2) is 0 Å². The number of carbonyl (C=O) groups excluding carboxylic acids is 1. The van der Waals surface area contributed by atoms with Gasteiger partial charge in [0.05, 0.1) is 26.2 Å². The third kappa shape index (κ3) is 5.46. The van der Waals surface area contributed by atoms with Crippen LogP contribution < -0.4 is 9.47 Å². The molecule has 1 saturated carbocycles. The molecule has 5 rings (SSSR count). The number of methoxy groups -OCH3 is 3. The van der Waals surface area contributed by atoms with Crippen LogP contribution in [0.4, 0.5) is 4.39 Å².